The number of nitrogens with zero attached hydrogens (tertiary/aromatic N) is 2. The van der Waals surface area contributed by atoms with Gasteiger partial charge in [0.05, 0.1) is 6.04 Å². The van der Waals surface area contributed by atoms with E-state index < -0.39 is 0 Å². The summed E-state index contributed by atoms with van der Waals surface area (Å²) < 4.78 is 0.974. The maximum atomic E-state index is 5.66. The van der Waals surface area contributed by atoms with Crippen molar-refractivity contribution in [3.05, 3.63) is 58.1 Å². The van der Waals surface area contributed by atoms with Crippen molar-refractivity contribution in [1.82, 2.24) is 15.4 Å². The predicted molar refractivity (Wildman–Crippen MR) is 74.7 cm³/mol. The molecule has 1 unspecified atom stereocenters. The Balaban J connectivity index is 2.23. The van der Waals surface area contributed by atoms with Gasteiger partial charge in [0.2, 0.25) is 0 Å². The molecule has 2 heterocycles. The summed E-state index contributed by atoms with van der Waals surface area (Å²) in [6.45, 7) is 2.03. The first-order valence-corrected chi connectivity index (χ1v) is 6.46. The van der Waals surface area contributed by atoms with E-state index in [-0.39, 0.29) is 6.04 Å². The van der Waals surface area contributed by atoms with E-state index in [1.54, 1.807) is 12.4 Å². The Hall–Kier alpha value is -1.30. The zero-order chi connectivity index (χ0) is 13.0. The van der Waals surface area contributed by atoms with Crippen LogP contribution in [-0.4, -0.2) is 9.97 Å². The van der Waals surface area contributed by atoms with Crippen LogP contribution in [0.1, 0.15) is 22.7 Å². The van der Waals surface area contributed by atoms with E-state index in [4.69, 9.17) is 5.84 Å². The van der Waals surface area contributed by atoms with Gasteiger partial charge >= 0.3 is 0 Å². The number of hydrogen-bond acceptors (Lipinski definition) is 4. The van der Waals surface area contributed by atoms with Gasteiger partial charge in [-0.25, -0.2) is 0 Å². The standard InChI is InChI=1S/C13H15BrN4/c1-9-6-16-3-2-12(9)13(18-15)5-10-4-11(14)8-17-7-10/h2-4,6-8,13,18H,5,15H2,1H3. The van der Waals surface area contributed by atoms with Crippen molar-refractivity contribution in [2.75, 3.05) is 0 Å². The van der Waals surface area contributed by atoms with E-state index in [2.05, 4.69) is 31.3 Å². The Kier molecular flexibility index (Phi) is 4.41. The molecule has 0 bridgehead atoms. The Morgan fingerprint density at radius 3 is 2.83 bits per heavy atom. The third-order valence-electron chi connectivity index (χ3n) is 2.84. The van der Waals surface area contributed by atoms with Gasteiger partial charge in [0.1, 0.15) is 0 Å². The van der Waals surface area contributed by atoms with Crippen molar-refractivity contribution in [3.63, 3.8) is 0 Å². The fourth-order valence-electron chi connectivity index (χ4n) is 1.94. The maximum absolute atomic E-state index is 5.66. The fraction of sp³-hybridized carbons (Fsp3) is 0.231. The van der Waals surface area contributed by atoms with Gasteiger partial charge in [-0.15, -0.1) is 0 Å². The van der Waals surface area contributed by atoms with Crippen molar-refractivity contribution in [1.29, 1.82) is 0 Å². The van der Waals surface area contributed by atoms with Crippen LogP contribution in [0.3, 0.4) is 0 Å². The molecule has 18 heavy (non-hydrogen) atoms. The van der Waals surface area contributed by atoms with Crippen LogP contribution in [0.4, 0.5) is 0 Å². The summed E-state index contributed by atoms with van der Waals surface area (Å²) in [6.07, 6.45) is 8.04. The molecule has 0 aliphatic rings. The molecule has 0 saturated carbocycles. The van der Waals surface area contributed by atoms with E-state index >= 15 is 0 Å². The molecule has 0 spiro atoms. The summed E-state index contributed by atoms with van der Waals surface area (Å²) in [5.41, 5.74) is 6.27. The lowest BCUT2D eigenvalue weighted by Gasteiger charge is -2.18. The van der Waals surface area contributed by atoms with E-state index in [1.165, 1.54) is 0 Å². The van der Waals surface area contributed by atoms with Crippen LogP contribution in [0.2, 0.25) is 0 Å². The minimum absolute atomic E-state index is 0.0594. The summed E-state index contributed by atoms with van der Waals surface area (Å²) >= 11 is 3.42. The van der Waals surface area contributed by atoms with Crippen molar-refractivity contribution >= 4 is 15.9 Å². The summed E-state index contributed by atoms with van der Waals surface area (Å²) in [7, 11) is 0. The number of rotatable bonds is 4. The lowest BCUT2D eigenvalue weighted by molar-refractivity contribution is 0.548. The molecule has 0 amide bonds. The molecule has 0 aliphatic carbocycles. The minimum atomic E-state index is 0.0594. The lowest BCUT2D eigenvalue weighted by Crippen LogP contribution is -2.30. The van der Waals surface area contributed by atoms with Gasteiger partial charge in [0, 0.05) is 29.3 Å². The highest BCUT2D eigenvalue weighted by Gasteiger charge is 2.13. The highest BCUT2D eigenvalue weighted by Crippen LogP contribution is 2.21. The molecule has 2 aromatic heterocycles. The first kappa shape index (κ1) is 13.1. The predicted octanol–water partition coefficient (Wildman–Crippen LogP) is 2.29. The molecule has 0 fully saturated rings. The van der Waals surface area contributed by atoms with Crippen LogP contribution in [0, 0.1) is 6.92 Å². The van der Waals surface area contributed by atoms with Crippen molar-refractivity contribution in [3.8, 4) is 0 Å². The second kappa shape index (κ2) is 6.04. The third-order valence-corrected chi connectivity index (χ3v) is 3.28. The molecule has 94 valence electrons. The van der Waals surface area contributed by atoms with Gasteiger partial charge in [0.25, 0.3) is 0 Å². The van der Waals surface area contributed by atoms with E-state index in [1.807, 2.05) is 31.5 Å². The maximum Gasteiger partial charge on any atom is 0.0504 e. The van der Waals surface area contributed by atoms with Crippen LogP contribution in [0.15, 0.2) is 41.4 Å². The molecule has 0 aliphatic heterocycles. The number of aryl methyl sites for hydroxylation is 1. The van der Waals surface area contributed by atoms with Gasteiger partial charge in [-0.05, 0) is 58.1 Å². The molecule has 0 saturated heterocycles. The van der Waals surface area contributed by atoms with Crippen LogP contribution in [0.5, 0.6) is 0 Å². The average Bonchev–Trinajstić information content (AvgIpc) is 2.37. The largest absolute Gasteiger partial charge is 0.271 e. The zero-order valence-electron chi connectivity index (χ0n) is 10.1. The second-order valence-corrected chi connectivity index (χ2v) is 5.08. The molecule has 5 heteroatoms. The summed E-state index contributed by atoms with van der Waals surface area (Å²) in [4.78, 5) is 8.25. The van der Waals surface area contributed by atoms with Gasteiger partial charge in [-0.2, -0.15) is 0 Å². The van der Waals surface area contributed by atoms with Gasteiger partial charge < -0.3 is 0 Å². The topological polar surface area (TPSA) is 63.8 Å². The second-order valence-electron chi connectivity index (χ2n) is 4.17. The van der Waals surface area contributed by atoms with Gasteiger partial charge in [0.15, 0.2) is 0 Å². The van der Waals surface area contributed by atoms with Crippen LogP contribution in [0.25, 0.3) is 0 Å². The Morgan fingerprint density at radius 1 is 1.33 bits per heavy atom. The highest BCUT2D eigenvalue weighted by molar-refractivity contribution is 9.10. The molecular weight excluding hydrogens is 292 g/mol. The normalized spacial score (nSPS) is 12.4. The lowest BCUT2D eigenvalue weighted by atomic mass is 9.98. The SMILES string of the molecule is Cc1cnccc1C(Cc1cncc(Br)c1)NN. The van der Waals surface area contributed by atoms with Crippen molar-refractivity contribution < 1.29 is 0 Å². The molecule has 0 aromatic carbocycles. The first-order chi connectivity index (χ1) is 8.70. The monoisotopic (exact) mass is 306 g/mol. The van der Waals surface area contributed by atoms with Crippen LogP contribution >= 0.6 is 15.9 Å². The molecule has 3 N–H and O–H groups in total. The number of nitrogens with two attached hydrogens (primary N) is 1. The Bertz CT molecular complexity index is 530. The van der Waals surface area contributed by atoms with Crippen LogP contribution in [-0.2, 0) is 6.42 Å². The van der Waals surface area contributed by atoms with Gasteiger partial charge in [-0.1, -0.05) is 0 Å². The Labute approximate surface area is 115 Å². The molecule has 2 rings (SSSR count). The van der Waals surface area contributed by atoms with E-state index in [9.17, 15) is 0 Å². The highest BCUT2D eigenvalue weighted by atomic mass is 79.9. The summed E-state index contributed by atoms with van der Waals surface area (Å²) in [5, 5.41) is 0. The van der Waals surface area contributed by atoms with Crippen molar-refractivity contribution in [2.24, 2.45) is 5.84 Å². The van der Waals surface area contributed by atoms with Crippen molar-refractivity contribution in [2.45, 2.75) is 19.4 Å². The molecular formula is C13H15BrN4. The molecule has 1 atom stereocenters. The molecule has 0 radical (unpaired) electrons. The smallest absolute Gasteiger partial charge is 0.0504 e. The number of halogens is 1. The fourth-order valence-corrected chi connectivity index (χ4v) is 2.35. The van der Waals surface area contributed by atoms with Crippen LogP contribution < -0.4 is 11.3 Å². The van der Waals surface area contributed by atoms with E-state index in [0.29, 0.717) is 0 Å². The quantitative estimate of drug-likeness (QED) is 0.672. The zero-order valence-corrected chi connectivity index (χ0v) is 11.7. The first-order valence-electron chi connectivity index (χ1n) is 5.66. The number of pyridine rings is 2. The average molecular weight is 307 g/mol. The third kappa shape index (κ3) is 3.13. The molecule has 4 nitrogen and oxygen atoms in total. The number of nitrogens with one attached hydrogen (secondary N) is 1. The Morgan fingerprint density at radius 2 is 2.17 bits per heavy atom. The van der Waals surface area contributed by atoms with E-state index in [0.717, 1.165) is 27.6 Å². The number of hydrogen-bond donors (Lipinski definition) is 2. The number of aromatic nitrogens is 2. The summed E-state index contributed by atoms with van der Waals surface area (Å²) in [5.74, 6) is 5.66. The molecule has 2 aromatic rings. The minimum Gasteiger partial charge on any atom is -0.271 e. The summed E-state index contributed by atoms with van der Waals surface area (Å²) in [6, 6.07) is 4.10. The number of hydrazine groups is 1. The van der Waals surface area contributed by atoms with Gasteiger partial charge in [-0.3, -0.25) is 21.2 Å².